The van der Waals surface area contributed by atoms with Crippen LogP contribution in [0.5, 0.6) is 0 Å². The van der Waals surface area contributed by atoms with Gasteiger partial charge in [0.15, 0.2) is 0 Å². The highest BCUT2D eigenvalue weighted by molar-refractivity contribution is 7.13. The SMILES string of the molecule is Fc1ccc2sncc2c1Cl. The largest absolute Gasteiger partial charge is 0.205 e. The normalized spacial score (nSPS) is 10.7. The number of fused-ring (bicyclic) bond motifs is 1. The predicted octanol–water partition coefficient (Wildman–Crippen LogP) is 3.09. The summed E-state index contributed by atoms with van der Waals surface area (Å²) in [5, 5.41) is 0.855. The highest BCUT2D eigenvalue weighted by atomic mass is 35.5. The first-order chi connectivity index (χ1) is 5.29. The number of aromatic nitrogens is 1. The minimum atomic E-state index is -0.389. The lowest BCUT2D eigenvalue weighted by Gasteiger charge is -1.92. The number of hydrogen-bond acceptors (Lipinski definition) is 2. The molecule has 1 aromatic carbocycles. The molecular weight excluding hydrogens is 185 g/mol. The van der Waals surface area contributed by atoms with E-state index < -0.39 is 0 Å². The first-order valence-corrected chi connectivity index (χ1v) is 4.12. The zero-order valence-electron chi connectivity index (χ0n) is 5.34. The van der Waals surface area contributed by atoms with Crippen molar-refractivity contribution in [1.29, 1.82) is 0 Å². The fourth-order valence-electron chi connectivity index (χ4n) is 0.884. The maximum atomic E-state index is 12.8. The van der Waals surface area contributed by atoms with Crippen molar-refractivity contribution < 1.29 is 4.39 Å². The Balaban J connectivity index is 2.93. The van der Waals surface area contributed by atoms with Crippen molar-refractivity contribution in [2.24, 2.45) is 0 Å². The van der Waals surface area contributed by atoms with Crippen LogP contribution in [0.2, 0.25) is 5.02 Å². The molecule has 56 valence electrons. The smallest absolute Gasteiger partial charge is 0.142 e. The van der Waals surface area contributed by atoms with Crippen LogP contribution in [0.25, 0.3) is 10.1 Å². The van der Waals surface area contributed by atoms with E-state index >= 15 is 0 Å². The second-order valence-corrected chi connectivity index (χ2v) is 3.31. The van der Waals surface area contributed by atoms with Gasteiger partial charge in [-0.2, -0.15) is 4.37 Å². The van der Waals surface area contributed by atoms with Gasteiger partial charge in [-0.25, -0.2) is 4.39 Å². The third kappa shape index (κ3) is 1.01. The van der Waals surface area contributed by atoms with Crippen LogP contribution >= 0.6 is 23.1 Å². The Morgan fingerprint density at radius 2 is 2.27 bits per heavy atom. The molecule has 1 aromatic heterocycles. The van der Waals surface area contributed by atoms with E-state index in [9.17, 15) is 4.39 Å². The number of halogens is 2. The van der Waals surface area contributed by atoms with Crippen LogP contribution in [0, 0.1) is 5.82 Å². The Morgan fingerprint density at radius 3 is 3.09 bits per heavy atom. The Labute approximate surface area is 71.6 Å². The summed E-state index contributed by atoms with van der Waals surface area (Å²) in [6.45, 7) is 0. The van der Waals surface area contributed by atoms with Gasteiger partial charge in [0.25, 0.3) is 0 Å². The average molecular weight is 188 g/mol. The molecule has 2 rings (SSSR count). The van der Waals surface area contributed by atoms with E-state index in [1.807, 2.05) is 0 Å². The third-order valence-corrected chi connectivity index (χ3v) is 2.57. The molecular formula is C7H3ClFNS. The van der Waals surface area contributed by atoms with Crippen molar-refractivity contribution >= 4 is 33.2 Å². The second-order valence-electron chi connectivity index (χ2n) is 2.10. The molecule has 2 aromatic rings. The van der Waals surface area contributed by atoms with Gasteiger partial charge in [0.2, 0.25) is 0 Å². The molecule has 0 saturated heterocycles. The lowest BCUT2D eigenvalue weighted by atomic mass is 10.3. The molecule has 11 heavy (non-hydrogen) atoms. The number of benzene rings is 1. The van der Waals surface area contributed by atoms with Crippen LogP contribution in [0.4, 0.5) is 4.39 Å². The lowest BCUT2D eigenvalue weighted by Crippen LogP contribution is -1.74. The van der Waals surface area contributed by atoms with Crippen LogP contribution < -0.4 is 0 Å². The van der Waals surface area contributed by atoms with Crippen LogP contribution in [-0.4, -0.2) is 4.37 Å². The van der Waals surface area contributed by atoms with E-state index in [0.29, 0.717) is 5.39 Å². The molecule has 1 heterocycles. The molecule has 0 fully saturated rings. The summed E-state index contributed by atoms with van der Waals surface area (Å²) in [4.78, 5) is 0. The fourth-order valence-corrected chi connectivity index (χ4v) is 1.81. The molecule has 0 N–H and O–H groups in total. The maximum absolute atomic E-state index is 12.8. The molecule has 0 saturated carbocycles. The van der Waals surface area contributed by atoms with E-state index in [-0.39, 0.29) is 10.8 Å². The summed E-state index contributed by atoms with van der Waals surface area (Å²) >= 11 is 6.97. The highest BCUT2D eigenvalue weighted by Gasteiger charge is 2.05. The van der Waals surface area contributed by atoms with E-state index in [1.165, 1.54) is 17.6 Å². The first kappa shape index (κ1) is 7.00. The van der Waals surface area contributed by atoms with Crippen LogP contribution in [-0.2, 0) is 0 Å². The standard InChI is InChI=1S/C7H3ClFNS/c8-7-4-3-10-11-6(4)2-1-5(7)9/h1-3H. The van der Waals surface area contributed by atoms with Gasteiger partial charge in [-0.15, -0.1) is 0 Å². The van der Waals surface area contributed by atoms with Gasteiger partial charge in [-0.3, -0.25) is 0 Å². The Morgan fingerprint density at radius 1 is 1.45 bits per heavy atom. The summed E-state index contributed by atoms with van der Waals surface area (Å²) in [5.41, 5.74) is 0. The van der Waals surface area contributed by atoms with E-state index in [0.717, 1.165) is 4.70 Å². The van der Waals surface area contributed by atoms with Gasteiger partial charge in [0.1, 0.15) is 5.82 Å². The molecule has 0 amide bonds. The predicted molar refractivity (Wildman–Crippen MR) is 44.6 cm³/mol. The quantitative estimate of drug-likeness (QED) is 0.618. The van der Waals surface area contributed by atoms with Crippen molar-refractivity contribution in [3.05, 3.63) is 29.2 Å². The van der Waals surface area contributed by atoms with Gasteiger partial charge >= 0.3 is 0 Å². The first-order valence-electron chi connectivity index (χ1n) is 2.97. The highest BCUT2D eigenvalue weighted by Crippen LogP contribution is 2.27. The molecule has 1 nitrogen and oxygen atoms in total. The number of rotatable bonds is 0. The molecule has 0 bridgehead atoms. The molecule has 4 heteroatoms. The van der Waals surface area contributed by atoms with Crippen LogP contribution in [0.3, 0.4) is 0 Å². The second kappa shape index (κ2) is 2.43. The van der Waals surface area contributed by atoms with Gasteiger partial charge in [0, 0.05) is 5.39 Å². The van der Waals surface area contributed by atoms with Gasteiger partial charge in [0.05, 0.1) is 15.9 Å². The molecule has 0 aliphatic carbocycles. The summed E-state index contributed by atoms with van der Waals surface area (Å²) in [5.74, 6) is -0.389. The average Bonchev–Trinajstić information content (AvgIpc) is 2.45. The Hall–Kier alpha value is -0.670. The van der Waals surface area contributed by atoms with Gasteiger partial charge in [-0.05, 0) is 23.7 Å². The Bertz CT molecular complexity index is 398. The van der Waals surface area contributed by atoms with Crippen LogP contribution in [0.15, 0.2) is 18.3 Å². The van der Waals surface area contributed by atoms with Gasteiger partial charge < -0.3 is 0 Å². The number of nitrogens with zero attached hydrogens (tertiary/aromatic N) is 1. The minimum absolute atomic E-state index is 0.163. The van der Waals surface area contributed by atoms with Gasteiger partial charge in [-0.1, -0.05) is 11.6 Å². The Kier molecular flexibility index (Phi) is 1.55. The summed E-state index contributed by atoms with van der Waals surface area (Å²) in [6.07, 6.45) is 1.57. The summed E-state index contributed by atoms with van der Waals surface area (Å²) < 4.78 is 17.6. The zero-order chi connectivity index (χ0) is 7.84. The van der Waals surface area contributed by atoms with Crippen molar-refractivity contribution in [3.8, 4) is 0 Å². The molecule has 0 aliphatic rings. The van der Waals surface area contributed by atoms with Crippen LogP contribution in [0.1, 0.15) is 0 Å². The van der Waals surface area contributed by atoms with E-state index in [4.69, 9.17) is 11.6 Å². The molecule has 0 aliphatic heterocycles. The maximum Gasteiger partial charge on any atom is 0.142 e. The van der Waals surface area contributed by atoms with E-state index in [2.05, 4.69) is 4.37 Å². The van der Waals surface area contributed by atoms with Crippen molar-refractivity contribution in [1.82, 2.24) is 4.37 Å². The minimum Gasteiger partial charge on any atom is -0.205 e. The topological polar surface area (TPSA) is 12.9 Å². The third-order valence-electron chi connectivity index (χ3n) is 1.43. The molecule has 0 unspecified atom stereocenters. The summed E-state index contributed by atoms with van der Waals surface area (Å²) in [7, 11) is 0. The monoisotopic (exact) mass is 187 g/mol. The molecule has 0 atom stereocenters. The van der Waals surface area contributed by atoms with Crippen molar-refractivity contribution in [2.45, 2.75) is 0 Å². The summed E-state index contributed by atoms with van der Waals surface area (Å²) in [6, 6.07) is 3.02. The zero-order valence-corrected chi connectivity index (χ0v) is 6.92. The van der Waals surface area contributed by atoms with E-state index in [1.54, 1.807) is 12.3 Å². The number of hydrogen-bond donors (Lipinski definition) is 0. The van der Waals surface area contributed by atoms with Crippen molar-refractivity contribution in [2.75, 3.05) is 0 Å². The molecule has 0 spiro atoms. The lowest BCUT2D eigenvalue weighted by molar-refractivity contribution is 0.630. The fraction of sp³-hybridized carbons (Fsp3) is 0. The molecule has 0 radical (unpaired) electrons. The van der Waals surface area contributed by atoms with Crippen molar-refractivity contribution in [3.63, 3.8) is 0 Å².